The molecule has 23 heavy (non-hydrogen) atoms. The Morgan fingerprint density at radius 3 is 2.57 bits per heavy atom. The molecule has 0 unspecified atom stereocenters. The third kappa shape index (κ3) is 3.83. The molecule has 2 amide bonds. The van der Waals surface area contributed by atoms with Gasteiger partial charge in [-0.25, -0.2) is 0 Å². The average Bonchev–Trinajstić information content (AvgIpc) is 3.01. The molecule has 0 bridgehead atoms. The maximum Gasteiger partial charge on any atom is 0.251 e. The summed E-state index contributed by atoms with van der Waals surface area (Å²) in [7, 11) is 0. The van der Waals surface area contributed by atoms with Crippen LogP contribution in [0.2, 0.25) is 5.02 Å². The normalized spacial score (nSPS) is 19.8. The zero-order valence-electron chi connectivity index (χ0n) is 12.7. The van der Waals surface area contributed by atoms with Gasteiger partial charge in [-0.1, -0.05) is 17.7 Å². The number of nitrogens with zero attached hydrogens (tertiary/aromatic N) is 1. The molecule has 0 aromatic heterocycles. The number of carbonyl (C=O) groups is 2. The molecule has 6 nitrogen and oxygen atoms in total. The van der Waals surface area contributed by atoms with E-state index in [0.29, 0.717) is 49.7 Å². The van der Waals surface area contributed by atoms with Crippen LogP contribution < -0.4 is 5.32 Å². The Bertz CT molecular complexity index is 591. The Balaban J connectivity index is 1.47. The van der Waals surface area contributed by atoms with Crippen molar-refractivity contribution in [3.63, 3.8) is 0 Å². The van der Waals surface area contributed by atoms with Crippen molar-refractivity contribution in [1.82, 2.24) is 10.2 Å². The highest BCUT2D eigenvalue weighted by molar-refractivity contribution is 6.30. The number of likely N-dealkylation sites (tertiary alicyclic amines) is 1. The fourth-order valence-electron chi connectivity index (χ4n) is 2.88. The first kappa shape index (κ1) is 16.2. The molecule has 2 aliphatic heterocycles. The summed E-state index contributed by atoms with van der Waals surface area (Å²) in [6.45, 7) is 2.35. The lowest BCUT2D eigenvalue weighted by atomic mass is 10.0. The number of ether oxygens (including phenoxy) is 2. The van der Waals surface area contributed by atoms with Crippen LogP contribution in [0.4, 0.5) is 0 Å². The van der Waals surface area contributed by atoms with Gasteiger partial charge in [0.15, 0.2) is 5.79 Å². The van der Waals surface area contributed by atoms with Gasteiger partial charge in [0, 0.05) is 36.5 Å². The van der Waals surface area contributed by atoms with Crippen LogP contribution in [0.5, 0.6) is 0 Å². The Hall–Kier alpha value is -1.63. The second-order valence-electron chi connectivity index (χ2n) is 5.68. The van der Waals surface area contributed by atoms with Crippen LogP contribution in [-0.2, 0) is 14.3 Å². The van der Waals surface area contributed by atoms with E-state index in [0.717, 1.165) is 0 Å². The third-order valence-electron chi connectivity index (χ3n) is 4.18. The summed E-state index contributed by atoms with van der Waals surface area (Å²) < 4.78 is 11.3. The van der Waals surface area contributed by atoms with Crippen molar-refractivity contribution in [3.05, 3.63) is 34.9 Å². The quantitative estimate of drug-likeness (QED) is 0.905. The van der Waals surface area contributed by atoms with E-state index < -0.39 is 5.79 Å². The van der Waals surface area contributed by atoms with E-state index in [9.17, 15) is 9.59 Å². The number of halogens is 1. The lowest BCUT2D eigenvalue weighted by Gasteiger charge is -2.37. The zero-order chi connectivity index (χ0) is 16.3. The van der Waals surface area contributed by atoms with Crippen molar-refractivity contribution in [2.45, 2.75) is 18.6 Å². The van der Waals surface area contributed by atoms with Gasteiger partial charge in [0.25, 0.3) is 5.91 Å². The van der Waals surface area contributed by atoms with Crippen LogP contribution in [-0.4, -0.2) is 55.3 Å². The van der Waals surface area contributed by atoms with Crippen molar-refractivity contribution in [2.24, 2.45) is 0 Å². The van der Waals surface area contributed by atoms with Crippen molar-refractivity contribution >= 4 is 23.4 Å². The maximum atomic E-state index is 12.2. The monoisotopic (exact) mass is 338 g/mol. The molecule has 1 N–H and O–H groups in total. The molecule has 2 aliphatic rings. The first-order chi connectivity index (χ1) is 11.1. The summed E-state index contributed by atoms with van der Waals surface area (Å²) in [5.74, 6) is -0.911. The minimum absolute atomic E-state index is 0.0277. The number of hydrogen-bond acceptors (Lipinski definition) is 4. The van der Waals surface area contributed by atoms with Gasteiger partial charge in [0.05, 0.1) is 19.8 Å². The number of rotatable bonds is 3. The van der Waals surface area contributed by atoms with Crippen LogP contribution in [0.1, 0.15) is 23.2 Å². The predicted octanol–water partition coefficient (Wildman–Crippen LogP) is 1.44. The molecule has 1 aromatic rings. The van der Waals surface area contributed by atoms with Gasteiger partial charge >= 0.3 is 0 Å². The highest BCUT2D eigenvalue weighted by Crippen LogP contribution is 2.31. The predicted molar refractivity (Wildman–Crippen MR) is 84.2 cm³/mol. The van der Waals surface area contributed by atoms with Crippen molar-refractivity contribution in [2.75, 3.05) is 32.8 Å². The lowest BCUT2D eigenvalue weighted by molar-refractivity contribution is -0.187. The molecule has 124 valence electrons. The van der Waals surface area contributed by atoms with E-state index in [-0.39, 0.29) is 18.4 Å². The summed E-state index contributed by atoms with van der Waals surface area (Å²) in [6, 6.07) is 6.62. The summed E-state index contributed by atoms with van der Waals surface area (Å²) in [6.07, 6.45) is 1.34. The topological polar surface area (TPSA) is 67.9 Å². The van der Waals surface area contributed by atoms with Crippen LogP contribution >= 0.6 is 11.6 Å². The molecule has 3 rings (SSSR count). The fraction of sp³-hybridized carbons (Fsp3) is 0.500. The van der Waals surface area contributed by atoms with Gasteiger partial charge in [0.2, 0.25) is 5.91 Å². The summed E-state index contributed by atoms with van der Waals surface area (Å²) in [5.41, 5.74) is 0.440. The number of piperidine rings is 1. The van der Waals surface area contributed by atoms with Gasteiger partial charge < -0.3 is 19.7 Å². The maximum absolute atomic E-state index is 12.2. The Morgan fingerprint density at radius 2 is 1.91 bits per heavy atom. The standard InChI is InChI=1S/C16H19ClN2O4/c17-13-3-1-2-12(10-13)15(21)18-11-14(20)19-6-4-16(5-7-19)22-8-9-23-16/h1-3,10H,4-9,11H2,(H,18,21). The van der Waals surface area contributed by atoms with Crippen LogP contribution in [0.3, 0.4) is 0 Å². The molecule has 7 heteroatoms. The second-order valence-corrected chi connectivity index (χ2v) is 6.12. The molecule has 0 radical (unpaired) electrons. The van der Waals surface area contributed by atoms with Crippen LogP contribution in [0.15, 0.2) is 24.3 Å². The lowest BCUT2D eigenvalue weighted by Crippen LogP contribution is -2.49. The van der Waals surface area contributed by atoms with E-state index in [1.165, 1.54) is 0 Å². The first-order valence-electron chi connectivity index (χ1n) is 7.67. The molecule has 2 saturated heterocycles. The number of amides is 2. The minimum atomic E-state index is -0.499. The van der Waals surface area contributed by atoms with Crippen molar-refractivity contribution in [1.29, 1.82) is 0 Å². The third-order valence-corrected chi connectivity index (χ3v) is 4.41. The van der Waals surface area contributed by atoms with Gasteiger partial charge in [-0.2, -0.15) is 0 Å². The molecule has 0 aliphatic carbocycles. The molecule has 2 heterocycles. The molecule has 1 aromatic carbocycles. The fourth-order valence-corrected chi connectivity index (χ4v) is 3.07. The Morgan fingerprint density at radius 1 is 1.22 bits per heavy atom. The zero-order valence-corrected chi connectivity index (χ0v) is 13.5. The molecular weight excluding hydrogens is 320 g/mol. The molecule has 0 saturated carbocycles. The SMILES string of the molecule is O=C(NCC(=O)N1CCC2(CC1)OCCO2)c1cccc(Cl)c1. The van der Waals surface area contributed by atoms with Crippen LogP contribution in [0, 0.1) is 0 Å². The number of hydrogen-bond donors (Lipinski definition) is 1. The largest absolute Gasteiger partial charge is 0.347 e. The minimum Gasteiger partial charge on any atom is -0.347 e. The first-order valence-corrected chi connectivity index (χ1v) is 8.05. The van der Waals surface area contributed by atoms with E-state index in [4.69, 9.17) is 21.1 Å². The summed E-state index contributed by atoms with van der Waals surface area (Å²) >= 11 is 5.85. The second kappa shape index (κ2) is 6.86. The number of carbonyl (C=O) groups excluding carboxylic acids is 2. The molecular formula is C16H19ClN2O4. The molecule has 1 spiro atoms. The van der Waals surface area contributed by atoms with E-state index in [1.54, 1.807) is 29.2 Å². The average molecular weight is 339 g/mol. The van der Waals surface area contributed by atoms with Crippen molar-refractivity contribution in [3.8, 4) is 0 Å². The molecule has 2 fully saturated rings. The highest BCUT2D eigenvalue weighted by atomic mass is 35.5. The smallest absolute Gasteiger partial charge is 0.251 e. The highest BCUT2D eigenvalue weighted by Gasteiger charge is 2.40. The Kier molecular flexibility index (Phi) is 4.84. The van der Waals surface area contributed by atoms with Crippen molar-refractivity contribution < 1.29 is 19.1 Å². The van der Waals surface area contributed by atoms with Gasteiger partial charge in [-0.3, -0.25) is 9.59 Å². The van der Waals surface area contributed by atoms with E-state index in [2.05, 4.69) is 5.32 Å². The summed E-state index contributed by atoms with van der Waals surface area (Å²) in [5, 5.41) is 3.12. The van der Waals surface area contributed by atoms with E-state index >= 15 is 0 Å². The van der Waals surface area contributed by atoms with Gasteiger partial charge in [-0.05, 0) is 18.2 Å². The van der Waals surface area contributed by atoms with E-state index in [1.807, 2.05) is 0 Å². The van der Waals surface area contributed by atoms with Crippen LogP contribution in [0.25, 0.3) is 0 Å². The number of nitrogens with one attached hydrogen (secondary N) is 1. The van der Waals surface area contributed by atoms with Gasteiger partial charge in [-0.15, -0.1) is 0 Å². The van der Waals surface area contributed by atoms with Gasteiger partial charge in [0.1, 0.15) is 0 Å². The number of benzene rings is 1. The summed E-state index contributed by atoms with van der Waals surface area (Å²) in [4.78, 5) is 25.9. The molecule has 0 atom stereocenters. The Labute approximate surface area is 139 Å².